The summed E-state index contributed by atoms with van der Waals surface area (Å²) < 4.78 is 10.2. The van der Waals surface area contributed by atoms with Crippen molar-refractivity contribution in [2.45, 2.75) is 13.0 Å². The Bertz CT molecular complexity index is 354. The Labute approximate surface area is 106 Å². The molecule has 6 heteroatoms. The van der Waals surface area contributed by atoms with Gasteiger partial charge in [-0.3, -0.25) is 9.78 Å². The SMILES string of the molecule is COCCNCc1ccc(OCCC(N)=O)cn1. The third kappa shape index (κ3) is 6.17. The molecule has 3 N–H and O–H groups in total. The van der Waals surface area contributed by atoms with Gasteiger partial charge in [-0.25, -0.2) is 0 Å². The van der Waals surface area contributed by atoms with Gasteiger partial charge in [-0.05, 0) is 12.1 Å². The summed E-state index contributed by atoms with van der Waals surface area (Å²) in [5.41, 5.74) is 5.93. The first-order valence-corrected chi connectivity index (χ1v) is 5.78. The minimum Gasteiger partial charge on any atom is -0.491 e. The van der Waals surface area contributed by atoms with Crippen LogP contribution in [0.3, 0.4) is 0 Å². The number of primary amides is 1. The van der Waals surface area contributed by atoms with Crippen LogP contribution in [-0.2, 0) is 16.1 Å². The summed E-state index contributed by atoms with van der Waals surface area (Å²) in [6.07, 6.45) is 1.84. The molecule has 0 atom stereocenters. The van der Waals surface area contributed by atoms with Gasteiger partial charge < -0.3 is 20.5 Å². The zero-order valence-corrected chi connectivity index (χ0v) is 10.5. The number of amides is 1. The molecule has 18 heavy (non-hydrogen) atoms. The van der Waals surface area contributed by atoms with Crippen molar-refractivity contribution in [2.75, 3.05) is 26.9 Å². The second-order valence-electron chi connectivity index (χ2n) is 3.72. The Hall–Kier alpha value is -1.66. The molecule has 1 aromatic heterocycles. The Morgan fingerprint density at radius 1 is 1.44 bits per heavy atom. The molecule has 0 aliphatic carbocycles. The van der Waals surface area contributed by atoms with E-state index in [2.05, 4.69) is 10.3 Å². The zero-order valence-electron chi connectivity index (χ0n) is 10.5. The third-order valence-corrected chi connectivity index (χ3v) is 2.20. The Morgan fingerprint density at radius 2 is 2.28 bits per heavy atom. The molecule has 0 unspecified atom stereocenters. The van der Waals surface area contributed by atoms with Gasteiger partial charge in [0.15, 0.2) is 0 Å². The van der Waals surface area contributed by atoms with Crippen LogP contribution in [0.4, 0.5) is 0 Å². The lowest BCUT2D eigenvalue weighted by atomic mass is 10.3. The van der Waals surface area contributed by atoms with E-state index in [9.17, 15) is 4.79 Å². The van der Waals surface area contributed by atoms with Crippen molar-refractivity contribution in [2.24, 2.45) is 5.73 Å². The van der Waals surface area contributed by atoms with Gasteiger partial charge in [-0.15, -0.1) is 0 Å². The summed E-state index contributed by atoms with van der Waals surface area (Å²) in [5, 5.41) is 3.19. The molecule has 1 amide bonds. The molecule has 0 saturated carbocycles. The number of pyridine rings is 1. The number of ether oxygens (including phenoxy) is 2. The van der Waals surface area contributed by atoms with Gasteiger partial charge in [0.2, 0.25) is 5.91 Å². The van der Waals surface area contributed by atoms with Crippen molar-refractivity contribution < 1.29 is 14.3 Å². The molecule has 0 aliphatic heterocycles. The van der Waals surface area contributed by atoms with Crippen LogP contribution >= 0.6 is 0 Å². The van der Waals surface area contributed by atoms with Gasteiger partial charge >= 0.3 is 0 Å². The predicted molar refractivity (Wildman–Crippen MR) is 67.1 cm³/mol. The molecule has 0 aliphatic rings. The van der Waals surface area contributed by atoms with Crippen molar-refractivity contribution in [1.82, 2.24) is 10.3 Å². The third-order valence-electron chi connectivity index (χ3n) is 2.20. The molecule has 0 bridgehead atoms. The highest BCUT2D eigenvalue weighted by Gasteiger charge is 1.99. The summed E-state index contributed by atoms with van der Waals surface area (Å²) in [6, 6.07) is 3.70. The summed E-state index contributed by atoms with van der Waals surface area (Å²) in [4.78, 5) is 14.8. The van der Waals surface area contributed by atoms with Crippen LogP contribution in [0.2, 0.25) is 0 Å². The Balaban J connectivity index is 2.26. The van der Waals surface area contributed by atoms with Crippen LogP contribution in [0.1, 0.15) is 12.1 Å². The largest absolute Gasteiger partial charge is 0.491 e. The molecular weight excluding hydrogens is 234 g/mol. The van der Waals surface area contributed by atoms with E-state index < -0.39 is 0 Å². The lowest BCUT2D eigenvalue weighted by Crippen LogP contribution is -2.19. The number of rotatable bonds is 9. The maximum Gasteiger partial charge on any atom is 0.220 e. The van der Waals surface area contributed by atoms with Crippen LogP contribution in [0.15, 0.2) is 18.3 Å². The van der Waals surface area contributed by atoms with E-state index in [1.165, 1.54) is 0 Å². The van der Waals surface area contributed by atoms with Crippen molar-refractivity contribution >= 4 is 5.91 Å². The van der Waals surface area contributed by atoms with E-state index in [4.69, 9.17) is 15.2 Å². The number of nitrogens with zero attached hydrogens (tertiary/aromatic N) is 1. The molecule has 1 rings (SSSR count). The lowest BCUT2D eigenvalue weighted by molar-refractivity contribution is -0.118. The zero-order chi connectivity index (χ0) is 13.2. The van der Waals surface area contributed by atoms with E-state index in [-0.39, 0.29) is 18.9 Å². The number of hydrogen-bond acceptors (Lipinski definition) is 5. The molecule has 1 aromatic rings. The minimum absolute atomic E-state index is 0.209. The van der Waals surface area contributed by atoms with Gasteiger partial charge in [0.1, 0.15) is 5.75 Å². The highest BCUT2D eigenvalue weighted by Crippen LogP contribution is 2.09. The van der Waals surface area contributed by atoms with Crippen molar-refractivity contribution in [3.8, 4) is 5.75 Å². The maximum atomic E-state index is 10.5. The first-order chi connectivity index (χ1) is 8.72. The monoisotopic (exact) mass is 253 g/mol. The topological polar surface area (TPSA) is 86.5 Å². The summed E-state index contributed by atoms with van der Waals surface area (Å²) >= 11 is 0. The van der Waals surface area contributed by atoms with E-state index >= 15 is 0 Å². The number of aromatic nitrogens is 1. The number of hydrogen-bond donors (Lipinski definition) is 2. The quantitative estimate of drug-likeness (QED) is 0.608. The second-order valence-corrected chi connectivity index (χ2v) is 3.72. The highest BCUT2D eigenvalue weighted by molar-refractivity contribution is 5.73. The molecule has 0 aromatic carbocycles. The number of methoxy groups -OCH3 is 1. The summed E-state index contributed by atoms with van der Waals surface area (Å²) in [5.74, 6) is 0.263. The van der Waals surface area contributed by atoms with Crippen LogP contribution in [0, 0.1) is 0 Å². The van der Waals surface area contributed by atoms with E-state index in [1.807, 2.05) is 12.1 Å². The summed E-state index contributed by atoms with van der Waals surface area (Å²) in [6.45, 7) is 2.43. The van der Waals surface area contributed by atoms with Crippen molar-refractivity contribution in [3.05, 3.63) is 24.0 Å². The van der Waals surface area contributed by atoms with Crippen molar-refractivity contribution in [1.29, 1.82) is 0 Å². The molecule has 100 valence electrons. The molecule has 6 nitrogen and oxygen atoms in total. The van der Waals surface area contributed by atoms with Crippen LogP contribution in [0.5, 0.6) is 5.75 Å². The van der Waals surface area contributed by atoms with Crippen LogP contribution in [0.25, 0.3) is 0 Å². The maximum absolute atomic E-state index is 10.5. The van der Waals surface area contributed by atoms with Crippen molar-refractivity contribution in [3.63, 3.8) is 0 Å². The molecule has 0 saturated heterocycles. The van der Waals surface area contributed by atoms with Crippen LogP contribution < -0.4 is 15.8 Å². The summed E-state index contributed by atoms with van der Waals surface area (Å²) in [7, 11) is 1.66. The van der Waals surface area contributed by atoms with E-state index in [0.29, 0.717) is 18.9 Å². The number of nitrogens with two attached hydrogens (primary N) is 1. The van der Waals surface area contributed by atoms with E-state index in [0.717, 1.165) is 12.2 Å². The fraction of sp³-hybridized carbons (Fsp3) is 0.500. The minimum atomic E-state index is -0.373. The fourth-order valence-corrected chi connectivity index (χ4v) is 1.26. The first kappa shape index (κ1) is 14.4. The van der Waals surface area contributed by atoms with Gasteiger partial charge in [-0.1, -0.05) is 0 Å². The molecule has 0 fully saturated rings. The number of carbonyl (C=O) groups is 1. The standard InChI is InChI=1S/C12H19N3O3/c1-17-7-5-14-8-10-2-3-11(9-15-10)18-6-4-12(13)16/h2-3,9,14H,4-8H2,1H3,(H2,13,16). The number of carbonyl (C=O) groups excluding carboxylic acids is 1. The lowest BCUT2D eigenvalue weighted by Gasteiger charge is -2.06. The number of nitrogens with one attached hydrogen (secondary N) is 1. The Kier molecular flexibility index (Phi) is 6.75. The predicted octanol–water partition coefficient (Wildman–Crippen LogP) is 0.0718. The molecule has 0 spiro atoms. The van der Waals surface area contributed by atoms with E-state index in [1.54, 1.807) is 13.3 Å². The molecular formula is C12H19N3O3. The average molecular weight is 253 g/mol. The highest BCUT2D eigenvalue weighted by atomic mass is 16.5. The van der Waals surface area contributed by atoms with Gasteiger partial charge in [0, 0.05) is 20.2 Å². The first-order valence-electron chi connectivity index (χ1n) is 5.78. The fourth-order valence-electron chi connectivity index (χ4n) is 1.26. The van der Waals surface area contributed by atoms with Gasteiger partial charge in [0.05, 0.1) is 31.5 Å². The smallest absolute Gasteiger partial charge is 0.220 e. The molecule has 0 radical (unpaired) electrons. The second kappa shape index (κ2) is 8.43. The van der Waals surface area contributed by atoms with Gasteiger partial charge in [0.25, 0.3) is 0 Å². The average Bonchev–Trinajstić information content (AvgIpc) is 2.36. The van der Waals surface area contributed by atoms with Crippen LogP contribution in [-0.4, -0.2) is 37.8 Å². The Morgan fingerprint density at radius 3 is 2.89 bits per heavy atom. The normalized spacial score (nSPS) is 10.3. The van der Waals surface area contributed by atoms with Gasteiger partial charge in [-0.2, -0.15) is 0 Å². The molecule has 1 heterocycles.